The van der Waals surface area contributed by atoms with Gasteiger partial charge in [-0.25, -0.2) is 0 Å². The molecule has 1 heterocycles. The van der Waals surface area contributed by atoms with Crippen LogP contribution in [0.1, 0.15) is 27.2 Å². The van der Waals surface area contributed by atoms with Gasteiger partial charge < -0.3 is 25.8 Å². The van der Waals surface area contributed by atoms with Crippen molar-refractivity contribution >= 4 is 11.9 Å². The number of carbonyl (C=O) groups excluding carboxylic acids is 1. The molecule has 0 saturated carbocycles. The Morgan fingerprint density at radius 2 is 1.87 bits per heavy atom. The summed E-state index contributed by atoms with van der Waals surface area (Å²) >= 11 is 0. The number of nitrogens with one attached hydrogen (secondary N) is 3. The predicted molar refractivity (Wildman–Crippen MR) is 95.8 cm³/mol. The molecule has 0 aromatic carbocycles. The summed E-state index contributed by atoms with van der Waals surface area (Å²) in [6.45, 7) is 12.5. The highest BCUT2D eigenvalue weighted by molar-refractivity contribution is 5.86. The largest absolute Gasteiger partial charge is 0.355 e. The number of carbonyl (C=O) groups is 1. The quantitative estimate of drug-likeness (QED) is 0.478. The molecule has 134 valence electrons. The maximum Gasteiger partial charge on any atom is 0.239 e. The summed E-state index contributed by atoms with van der Waals surface area (Å²) in [5.74, 6) is 0.636. The average molecular weight is 326 g/mol. The summed E-state index contributed by atoms with van der Waals surface area (Å²) in [4.78, 5) is 20.8. The number of amides is 1. The van der Waals surface area contributed by atoms with Crippen molar-refractivity contribution in [2.24, 2.45) is 4.99 Å². The fourth-order valence-electron chi connectivity index (χ4n) is 2.50. The van der Waals surface area contributed by atoms with Gasteiger partial charge in [0.05, 0.1) is 6.54 Å². The molecule has 7 nitrogen and oxygen atoms in total. The van der Waals surface area contributed by atoms with Gasteiger partial charge in [0.25, 0.3) is 0 Å². The van der Waals surface area contributed by atoms with Crippen molar-refractivity contribution < 1.29 is 4.79 Å². The molecule has 1 rings (SSSR count). The lowest BCUT2D eigenvalue weighted by Gasteiger charge is -2.22. The van der Waals surface area contributed by atoms with E-state index in [4.69, 9.17) is 0 Å². The number of likely N-dealkylation sites (N-methyl/N-ethyl adjacent to an activating group) is 1. The third-order valence-electron chi connectivity index (χ3n) is 3.69. The molecule has 0 aromatic heterocycles. The minimum absolute atomic E-state index is 0.0315. The van der Waals surface area contributed by atoms with E-state index in [0.717, 1.165) is 32.7 Å². The van der Waals surface area contributed by atoms with E-state index in [2.05, 4.69) is 37.8 Å². The minimum Gasteiger partial charge on any atom is -0.355 e. The lowest BCUT2D eigenvalue weighted by Crippen LogP contribution is -2.49. The topological polar surface area (TPSA) is 72.0 Å². The first-order valence-electron chi connectivity index (χ1n) is 8.46. The Labute approximate surface area is 140 Å². The van der Waals surface area contributed by atoms with E-state index < -0.39 is 0 Å². The Bertz CT molecular complexity index is 391. The second-order valence-corrected chi connectivity index (χ2v) is 7.15. The first-order chi connectivity index (χ1) is 10.8. The highest BCUT2D eigenvalue weighted by Gasteiger charge is 2.14. The Kier molecular flexibility index (Phi) is 8.33. The number of rotatable bonds is 5. The fourth-order valence-corrected chi connectivity index (χ4v) is 2.50. The molecule has 0 aromatic rings. The minimum atomic E-state index is -0.213. The number of nitrogens with zero attached hydrogens (tertiary/aromatic N) is 3. The van der Waals surface area contributed by atoms with Crippen LogP contribution in [0.5, 0.6) is 0 Å². The molecule has 1 saturated heterocycles. The monoisotopic (exact) mass is 326 g/mol. The summed E-state index contributed by atoms with van der Waals surface area (Å²) in [6, 6.07) is 0. The van der Waals surface area contributed by atoms with Gasteiger partial charge in [0.1, 0.15) is 0 Å². The van der Waals surface area contributed by atoms with Crippen LogP contribution in [0.3, 0.4) is 0 Å². The smallest absolute Gasteiger partial charge is 0.239 e. The molecule has 7 heteroatoms. The molecule has 3 N–H and O–H groups in total. The second-order valence-electron chi connectivity index (χ2n) is 7.15. The molecule has 1 amide bonds. The third kappa shape index (κ3) is 9.40. The maximum absolute atomic E-state index is 11.8. The number of guanidine groups is 1. The summed E-state index contributed by atoms with van der Waals surface area (Å²) in [5.41, 5.74) is -0.213. The van der Waals surface area contributed by atoms with Gasteiger partial charge in [0, 0.05) is 38.8 Å². The van der Waals surface area contributed by atoms with Crippen LogP contribution in [-0.4, -0.2) is 87.1 Å². The third-order valence-corrected chi connectivity index (χ3v) is 3.69. The van der Waals surface area contributed by atoms with E-state index in [-0.39, 0.29) is 18.0 Å². The normalized spacial score (nSPS) is 18.4. The molecular weight excluding hydrogens is 292 g/mol. The van der Waals surface area contributed by atoms with E-state index in [9.17, 15) is 4.79 Å². The SMILES string of the molecule is CN=C(NCCN1CCCN(C)CC1)NCC(=O)NC(C)(C)C. The molecule has 0 radical (unpaired) electrons. The van der Waals surface area contributed by atoms with Crippen LogP contribution >= 0.6 is 0 Å². The summed E-state index contributed by atoms with van der Waals surface area (Å²) in [6.07, 6.45) is 1.22. The molecule has 1 fully saturated rings. The van der Waals surface area contributed by atoms with Crippen molar-refractivity contribution in [1.29, 1.82) is 0 Å². The van der Waals surface area contributed by atoms with Gasteiger partial charge in [0.2, 0.25) is 5.91 Å². The number of hydrogen-bond donors (Lipinski definition) is 3. The number of aliphatic imine (C=N–C) groups is 1. The molecule has 1 aliphatic rings. The van der Waals surface area contributed by atoms with Crippen LogP contribution in [0.2, 0.25) is 0 Å². The highest BCUT2D eigenvalue weighted by atomic mass is 16.2. The molecule has 0 bridgehead atoms. The van der Waals surface area contributed by atoms with Gasteiger partial charge >= 0.3 is 0 Å². The summed E-state index contributed by atoms with van der Waals surface area (Å²) < 4.78 is 0. The fraction of sp³-hybridized carbons (Fsp3) is 0.875. The first-order valence-corrected chi connectivity index (χ1v) is 8.46. The molecule has 1 aliphatic heterocycles. The van der Waals surface area contributed by atoms with Gasteiger partial charge in [-0.1, -0.05) is 0 Å². The second kappa shape index (κ2) is 9.72. The van der Waals surface area contributed by atoms with E-state index >= 15 is 0 Å². The molecule has 0 atom stereocenters. The zero-order valence-corrected chi connectivity index (χ0v) is 15.4. The van der Waals surface area contributed by atoms with Crippen LogP contribution in [0, 0.1) is 0 Å². The number of hydrogen-bond acceptors (Lipinski definition) is 4. The van der Waals surface area contributed by atoms with Crippen LogP contribution < -0.4 is 16.0 Å². The standard InChI is InChI=1S/C16H34N6O/c1-16(2,3)20-14(23)13-19-15(17-4)18-7-10-22-9-6-8-21(5)11-12-22/h6-13H2,1-5H3,(H,20,23)(H2,17,18,19). The zero-order chi connectivity index (χ0) is 17.3. The van der Waals surface area contributed by atoms with Gasteiger partial charge in [0.15, 0.2) is 5.96 Å². The van der Waals surface area contributed by atoms with Gasteiger partial charge in [-0.3, -0.25) is 9.79 Å². The van der Waals surface area contributed by atoms with Crippen molar-refractivity contribution in [3.05, 3.63) is 0 Å². The van der Waals surface area contributed by atoms with E-state index in [1.165, 1.54) is 13.0 Å². The zero-order valence-electron chi connectivity index (χ0n) is 15.4. The van der Waals surface area contributed by atoms with Gasteiger partial charge in [-0.15, -0.1) is 0 Å². The van der Waals surface area contributed by atoms with E-state index in [0.29, 0.717) is 5.96 Å². The van der Waals surface area contributed by atoms with E-state index in [1.807, 2.05) is 20.8 Å². The van der Waals surface area contributed by atoms with E-state index in [1.54, 1.807) is 7.05 Å². The Hall–Kier alpha value is -1.34. The Morgan fingerprint density at radius 1 is 1.13 bits per heavy atom. The van der Waals surface area contributed by atoms with Crippen LogP contribution in [-0.2, 0) is 4.79 Å². The summed E-state index contributed by atoms with van der Waals surface area (Å²) in [5, 5.41) is 9.24. The first kappa shape index (κ1) is 19.7. The van der Waals surface area contributed by atoms with Gasteiger partial charge in [-0.2, -0.15) is 0 Å². The lowest BCUT2D eigenvalue weighted by molar-refractivity contribution is -0.121. The molecule has 23 heavy (non-hydrogen) atoms. The van der Waals surface area contributed by atoms with Crippen molar-refractivity contribution in [3.63, 3.8) is 0 Å². The van der Waals surface area contributed by atoms with Crippen LogP contribution in [0.4, 0.5) is 0 Å². The Morgan fingerprint density at radius 3 is 2.52 bits per heavy atom. The highest BCUT2D eigenvalue weighted by Crippen LogP contribution is 1.99. The average Bonchev–Trinajstić information content (AvgIpc) is 2.65. The molecular formula is C16H34N6O. The Balaban J connectivity index is 2.22. The summed E-state index contributed by atoms with van der Waals surface area (Å²) in [7, 11) is 3.90. The van der Waals surface area contributed by atoms with Gasteiger partial charge in [-0.05, 0) is 47.3 Å². The lowest BCUT2D eigenvalue weighted by atomic mass is 10.1. The van der Waals surface area contributed by atoms with Crippen LogP contribution in [0.25, 0.3) is 0 Å². The van der Waals surface area contributed by atoms with Crippen molar-refractivity contribution in [2.75, 3.05) is 59.9 Å². The molecule has 0 unspecified atom stereocenters. The van der Waals surface area contributed by atoms with Crippen LogP contribution in [0.15, 0.2) is 4.99 Å². The molecule has 0 aliphatic carbocycles. The van der Waals surface area contributed by atoms with Crippen molar-refractivity contribution in [2.45, 2.75) is 32.7 Å². The predicted octanol–water partition coefficient (Wildman–Crippen LogP) is -0.296. The van der Waals surface area contributed by atoms with Crippen molar-refractivity contribution in [1.82, 2.24) is 25.8 Å². The van der Waals surface area contributed by atoms with Crippen molar-refractivity contribution in [3.8, 4) is 0 Å². The maximum atomic E-state index is 11.8. The molecule has 0 spiro atoms.